The molecule has 0 aliphatic carbocycles. The van der Waals surface area contributed by atoms with Gasteiger partial charge < -0.3 is 10.2 Å². The summed E-state index contributed by atoms with van der Waals surface area (Å²) in [7, 11) is 0. The van der Waals surface area contributed by atoms with Crippen LogP contribution in [0.4, 0.5) is 0 Å². The van der Waals surface area contributed by atoms with E-state index >= 15 is 0 Å². The summed E-state index contributed by atoms with van der Waals surface area (Å²) in [5, 5.41) is 3.48. The largest absolute Gasteiger partial charge is 0.315 e. The lowest BCUT2D eigenvalue weighted by molar-refractivity contribution is 0.251. The van der Waals surface area contributed by atoms with Crippen LogP contribution in [0.15, 0.2) is 24.3 Å². The zero-order valence-electron chi connectivity index (χ0n) is 13.4. The molecule has 0 aromatic heterocycles. The fourth-order valence-corrected chi connectivity index (χ4v) is 3.03. The molecule has 20 heavy (non-hydrogen) atoms. The summed E-state index contributed by atoms with van der Waals surface area (Å²) in [6.07, 6.45) is 2.48. The second-order valence-corrected chi connectivity index (χ2v) is 6.61. The van der Waals surface area contributed by atoms with Crippen molar-refractivity contribution in [3.8, 4) is 0 Å². The van der Waals surface area contributed by atoms with Gasteiger partial charge in [0.2, 0.25) is 0 Å². The van der Waals surface area contributed by atoms with Crippen molar-refractivity contribution >= 4 is 0 Å². The van der Waals surface area contributed by atoms with E-state index in [2.05, 4.69) is 55.3 Å². The highest BCUT2D eigenvalue weighted by atomic mass is 15.1. The van der Waals surface area contributed by atoms with Crippen LogP contribution in [0.5, 0.6) is 0 Å². The fourth-order valence-electron chi connectivity index (χ4n) is 3.03. The summed E-state index contributed by atoms with van der Waals surface area (Å²) in [4.78, 5) is 2.62. The van der Waals surface area contributed by atoms with E-state index in [1.54, 1.807) is 0 Å². The van der Waals surface area contributed by atoms with Gasteiger partial charge in [0.25, 0.3) is 0 Å². The molecule has 1 aromatic rings. The highest BCUT2D eigenvalue weighted by molar-refractivity contribution is 5.24. The SMILES string of the molecule is CC(Cc1ccc(C(C)C)cc1)CN1CCCNCC1. The summed E-state index contributed by atoms with van der Waals surface area (Å²) in [5.41, 5.74) is 2.93. The van der Waals surface area contributed by atoms with Gasteiger partial charge in [0.05, 0.1) is 0 Å². The predicted molar refractivity (Wildman–Crippen MR) is 87.3 cm³/mol. The number of hydrogen-bond donors (Lipinski definition) is 1. The molecule has 1 heterocycles. The Kier molecular flexibility index (Phi) is 6.06. The third kappa shape index (κ3) is 4.92. The van der Waals surface area contributed by atoms with Gasteiger partial charge in [0.15, 0.2) is 0 Å². The summed E-state index contributed by atoms with van der Waals surface area (Å²) >= 11 is 0. The van der Waals surface area contributed by atoms with Crippen molar-refractivity contribution in [3.05, 3.63) is 35.4 Å². The molecule has 1 aromatic carbocycles. The first-order valence-corrected chi connectivity index (χ1v) is 8.17. The highest BCUT2D eigenvalue weighted by Crippen LogP contribution is 2.17. The molecule has 2 heteroatoms. The molecule has 2 nitrogen and oxygen atoms in total. The average molecular weight is 274 g/mol. The summed E-state index contributed by atoms with van der Waals surface area (Å²) in [6.45, 7) is 12.9. The van der Waals surface area contributed by atoms with Crippen LogP contribution in [-0.2, 0) is 6.42 Å². The van der Waals surface area contributed by atoms with Crippen molar-refractivity contribution in [3.63, 3.8) is 0 Å². The summed E-state index contributed by atoms with van der Waals surface area (Å²) in [6, 6.07) is 9.22. The lowest BCUT2D eigenvalue weighted by Gasteiger charge is -2.23. The Morgan fingerprint density at radius 2 is 1.80 bits per heavy atom. The first-order valence-electron chi connectivity index (χ1n) is 8.17. The maximum Gasteiger partial charge on any atom is 0.0107 e. The molecule has 1 N–H and O–H groups in total. The van der Waals surface area contributed by atoms with Crippen LogP contribution in [0.3, 0.4) is 0 Å². The minimum atomic E-state index is 0.631. The van der Waals surface area contributed by atoms with E-state index in [1.807, 2.05) is 0 Å². The lowest BCUT2D eigenvalue weighted by Crippen LogP contribution is -2.32. The Labute approximate surface area is 124 Å². The molecular weight excluding hydrogens is 244 g/mol. The molecule has 0 spiro atoms. The Hall–Kier alpha value is -0.860. The monoisotopic (exact) mass is 274 g/mol. The van der Waals surface area contributed by atoms with Gasteiger partial charge in [-0.05, 0) is 48.9 Å². The van der Waals surface area contributed by atoms with Crippen molar-refractivity contribution in [2.75, 3.05) is 32.7 Å². The maximum absolute atomic E-state index is 3.48. The predicted octanol–water partition coefficient (Wildman–Crippen LogP) is 3.28. The maximum atomic E-state index is 3.48. The first-order chi connectivity index (χ1) is 9.65. The molecule has 1 saturated heterocycles. The van der Waals surface area contributed by atoms with E-state index in [0.29, 0.717) is 5.92 Å². The number of hydrogen-bond acceptors (Lipinski definition) is 2. The van der Waals surface area contributed by atoms with Crippen LogP contribution >= 0.6 is 0 Å². The van der Waals surface area contributed by atoms with Crippen molar-refractivity contribution in [2.24, 2.45) is 5.92 Å². The average Bonchev–Trinajstić information content (AvgIpc) is 2.68. The Balaban J connectivity index is 1.82. The van der Waals surface area contributed by atoms with E-state index in [1.165, 1.54) is 50.1 Å². The Morgan fingerprint density at radius 3 is 2.50 bits per heavy atom. The molecule has 112 valence electrons. The molecule has 1 atom stereocenters. The Bertz CT molecular complexity index is 375. The van der Waals surface area contributed by atoms with Gasteiger partial charge in [-0.15, -0.1) is 0 Å². The summed E-state index contributed by atoms with van der Waals surface area (Å²) in [5.74, 6) is 1.36. The normalized spacial score (nSPS) is 19.0. The standard InChI is InChI=1S/C18H30N2/c1-15(2)18-7-5-17(6-8-18)13-16(3)14-20-11-4-9-19-10-12-20/h5-8,15-16,19H,4,9-14H2,1-3H3. The fraction of sp³-hybridized carbons (Fsp3) is 0.667. The molecule has 1 unspecified atom stereocenters. The van der Waals surface area contributed by atoms with E-state index in [9.17, 15) is 0 Å². The van der Waals surface area contributed by atoms with Crippen molar-refractivity contribution < 1.29 is 0 Å². The van der Waals surface area contributed by atoms with Crippen molar-refractivity contribution in [1.82, 2.24) is 10.2 Å². The molecule has 0 radical (unpaired) electrons. The van der Waals surface area contributed by atoms with Crippen molar-refractivity contribution in [2.45, 2.75) is 39.5 Å². The quantitative estimate of drug-likeness (QED) is 0.886. The molecule has 1 aliphatic heterocycles. The van der Waals surface area contributed by atoms with Crippen molar-refractivity contribution in [1.29, 1.82) is 0 Å². The van der Waals surface area contributed by atoms with Gasteiger partial charge in [-0.2, -0.15) is 0 Å². The van der Waals surface area contributed by atoms with Gasteiger partial charge in [-0.3, -0.25) is 0 Å². The van der Waals surface area contributed by atoms with E-state index in [4.69, 9.17) is 0 Å². The van der Waals surface area contributed by atoms with Gasteiger partial charge in [-0.1, -0.05) is 45.0 Å². The van der Waals surface area contributed by atoms with Crippen LogP contribution in [0.2, 0.25) is 0 Å². The minimum Gasteiger partial charge on any atom is -0.315 e. The smallest absolute Gasteiger partial charge is 0.0107 e. The second kappa shape index (κ2) is 7.80. The first kappa shape index (κ1) is 15.5. The minimum absolute atomic E-state index is 0.631. The molecule has 1 aliphatic rings. The molecule has 1 fully saturated rings. The Morgan fingerprint density at radius 1 is 1.05 bits per heavy atom. The van der Waals surface area contributed by atoms with E-state index in [-0.39, 0.29) is 0 Å². The van der Waals surface area contributed by atoms with Gasteiger partial charge in [-0.25, -0.2) is 0 Å². The van der Waals surface area contributed by atoms with E-state index < -0.39 is 0 Å². The molecule has 0 amide bonds. The zero-order valence-corrected chi connectivity index (χ0v) is 13.4. The van der Waals surface area contributed by atoms with Crippen LogP contribution in [0.1, 0.15) is 44.2 Å². The van der Waals surface area contributed by atoms with Crippen LogP contribution in [-0.4, -0.2) is 37.6 Å². The van der Waals surface area contributed by atoms with Gasteiger partial charge in [0.1, 0.15) is 0 Å². The van der Waals surface area contributed by atoms with Crippen LogP contribution in [0.25, 0.3) is 0 Å². The van der Waals surface area contributed by atoms with Gasteiger partial charge >= 0.3 is 0 Å². The summed E-state index contributed by atoms with van der Waals surface area (Å²) < 4.78 is 0. The molecular formula is C18H30N2. The third-order valence-electron chi connectivity index (χ3n) is 4.23. The number of nitrogens with zero attached hydrogens (tertiary/aromatic N) is 1. The van der Waals surface area contributed by atoms with Crippen LogP contribution in [0, 0.1) is 5.92 Å². The number of nitrogens with one attached hydrogen (secondary N) is 1. The molecule has 0 saturated carbocycles. The zero-order chi connectivity index (χ0) is 14.4. The highest BCUT2D eigenvalue weighted by Gasteiger charge is 2.12. The second-order valence-electron chi connectivity index (χ2n) is 6.61. The number of rotatable bonds is 5. The third-order valence-corrected chi connectivity index (χ3v) is 4.23. The molecule has 0 bridgehead atoms. The van der Waals surface area contributed by atoms with Crippen LogP contribution < -0.4 is 5.32 Å². The van der Waals surface area contributed by atoms with E-state index in [0.717, 1.165) is 12.5 Å². The number of benzene rings is 1. The lowest BCUT2D eigenvalue weighted by atomic mass is 9.96. The topological polar surface area (TPSA) is 15.3 Å². The molecule has 2 rings (SSSR count). The van der Waals surface area contributed by atoms with Gasteiger partial charge in [0, 0.05) is 19.6 Å².